The Kier molecular flexibility index (Phi) is 6.18. The van der Waals surface area contributed by atoms with E-state index < -0.39 is 0 Å². The van der Waals surface area contributed by atoms with Crippen LogP contribution in [-0.2, 0) is 0 Å². The summed E-state index contributed by atoms with van der Waals surface area (Å²) in [5.41, 5.74) is 0. The topological polar surface area (TPSA) is 41.5 Å². The fourth-order valence-corrected chi connectivity index (χ4v) is 2.62. The molecule has 3 nitrogen and oxygen atoms in total. The second-order valence-electron chi connectivity index (χ2n) is 5.33. The Balaban J connectivity index is 1.50. The Labute approximate surface area is 116 Å². The maximum absolute atomic E-state index is 9.86. The fourth-order valence-electron chi connectivity index (χ4n) is 2.62. The molecule has 1 aliphatic carbocycles. The van der Waals surface area contributed by atoms with E-state index in [-0.39, 0.29) is 6.10 Å². The van der Waals surface area contributed by atoms with Crippen LogP contribution >= 0.6 is 0 Å². The van der Waals surface area contributed by atoms with Crippen molar-refractivity contribution in [2.24, 2.45) is 5.92 Å². The lowest BCUT2D eigenvalue weighted by Gasteiger charge is -2.27. The molecule has 1 aliphatic rings. The summed E-state index contributed by atoms with van der Waals surface area (Å²) in [5, 5.41) is 13.3. The molecule has 0 spiro atoms. The molecule has 1 aromatic carbocycles. The predicted octanol–water partition coefficient (Wildman–Crippen LogP) is 2.60. The molecule has 0 aromatic heterocycles. The Hall–Kier alpha value is -1.06. The molecule has 2 atom stereocenters. The molecule has 106 valence electrons. The van der Waals surface area contributed by atoms with E-state index in [0.29, 0.717) is 5.92 Å². The quantitative estimate of drug-likeness (QED) is 0.743. The highest BCUT2D eigenvalue weighted by molar-refractivity contribution is 5.20. The summed E-state index contributed by atoms with van der Waals surface area (Å²) in [4.78, 5) is 0. The predicted molar refractivity (Wildman–Crippen MR) is 77.4 cm³/mol. The van der Waals surface area contributed by atoms with Crippen molar-refractivity contribution >= 4 is 0 Å². The Morgan fingerprint density at radius 2 is 1.95 bits per heavy atom. The third-order valence-electron chi connectivity index (χ3n) is 3.79. The zero-order valence-corrected chi connectivity index (χ0v) is 11.6. The van der Waals surface area contributed by atoms with Crippen LogP contribution in [-0.4, -0.2) is 30.9 Å². The number of aliphatic hydroxyl groups is 1. The van der Waals surface area contributed by atoms with Crippen molar-refractivity contribution < 1.29 is 9.84 Å². The highest BCUT2D eigenvalue weighted by atomic mass is 16.5. The molecule has 0 amide bonds. The van der Waals surface area contributed by atoms with E-state index >= 15 is 0 Å². The number of hydrogen-bond acceptors (Lipinski definition) is 3. The van der Waals surface area contributed by atoms with Gasteiger partial charge in [0, 0.05) is 6.54 Å². The van der Waals surface area contributed by atoms with Crippen LogP contribution in [0.1, 0.15) is 32.1 Å². The average Bonchev–Trinajstić information content (AvgIpc) is 2.45. The molecule has 0 saturated heterocycles. The van der Waals surface area contributed by atoms with Gasteiger partial charge in [-0.25, -0.2) is 0 Å². The number of para-hydroxylation sites is 1. The largest absolute Gasteiger partial charge is 0.494 e. The number of nitrogens with one attached hydrogen (secondary N) is 1. The number of benzene rings is 1. The molecular formula is C16H25NO2. The van der Waals surface area contributed by atoms with E-state index in [9.17, 15) is 5.11 Å². The van der Waals surface area contributed by atoms with Crippen molar-refractivity contribution in [1.82, 2.24) is 5.32 Å². The van der Waals surface area contributed by atoms with Gasteiger partial charge in [0.05, 0.1) is 12.7 Å². The summed E-state index contributed by atoms with van der Waals surface area (Å²) in [7, 11) is 0. The molecule has 0 radical (unpaired) electrons. The summed E-state index contributed by atoms with van der Waals surface area (Å²) in [6.45, 7) is 2.63. The lowest BCUT2D eigenvalue weighted by atomic mass is 9.86. The van der Waals surface area contributed by atoms with Crippen LogP contribution < -0.4 is 10.1 Å². The van der Waals surface area contributed by atoms with E-state index in [2.05, 4.69) is 5.32 Å². The lowest BCUT2D eigenvalue weighted by Crippen LogP contribution is -2.34. The standard InChI is InChI=1S/C16H25NO2/c18-16-10-5-4-7-14(16)13-17-11-6-12-19-15-8-2-1-3-9-15/h1-3,8-9,14,16-18H,4-7,10-13H2. The fraction of sp³-hybridized carbons (Fsp3) is 0.625. The van der Waals surface area contributed by atoms with E-state index in [1.807, 2.05) is 30.3 Å². The molecule has 2 rings (SSSR count). The van der Waals surface area contributed by atoms with Gasteiger partial charge in [0.2, 0.25) is 0 Å². The van der Waals surface area contributed by atoms with Crippen LogP contribution in [0, 0.1) is 5.92 Å². The van der Waals surface area contributed by atoms with Crippen LogP contribution in [0.25, 0.3) is 0 Å². The van der Waals surface area contributed by atoms with E-state index in [0.717, 1.165) is 44.7 Å². The molecule has 1 saturated carbocycles. The van der Waals surface area contributed by atoms with Crippen molar-refractivity contribution in [3.8, 4) is 5.75 Å². The number of rotatable bonds is 7. The molecule has 0 bridgehead atoms. The Morgan fingerprint density at radius 3 is 2.74 bits per heavy atom. The first kappa shape index (κ1) is 14.4. The second kappa shape index (κ2) is 8.18. The summed E-state index contributed by atoms with van der Waals surface area (Å²) >= 11 is 0. The minimum Gasteiger partial charge on any atom is -0.494 e. The highest BCUT2D eigenvalue weighted by Crippen LogP contribution is 2.23. The Morgan fingerprint density at radius 1 is 1.16 bits per heavy atom. The number of ether oxygens (including phenoxy) is 1. The van der Waals surface area contributed by atoms with Gasteiger partial charge in [-0.2, -0.15) is 0 Å². The molecule has 19 heavy (non-hydrogen) atoms. The minimum absolute atomic E-state index is 0.0955. The maximum atomic E-state index is 9.86. The SMILES string of the molecule is OC1CCCCC1CNCCCOc1ccccc1. The third-order valence-corrected chi connectivity index (χ3v) is 3.79. The minimum atomic E-state index is -0.0955. The lowest BCUT2D eigenvalue weighted by molar-refractivity contribution is 0.0696. The van der Waals surface area contributed by atoms with Gasteiger partial charge in [-0.3, -0.25) is 0 Å². The van der Waals surface area contributed by atoms with E-state index in [1.54, 1.807) is 0 Å². The summed E-state index contributed by atoms with van der Waals surface area (Å²) in [6, 6.07) is 9.91. The van der Waals surface area contributed by atoms with Crippen molar-refractivity contribution in [2.75, 3.05) is 19.7 Å². The van der Waals surface area contributed by atoms with Crippen molar-refractivity contribution in [3.63, 3.8) is 0 Å². The molecule has 0 aliphatic heterocycles. The summed E-state index contributed by atoms with van der Waals surface area (Å²) in [6.07, 6.45) is 5.49. The van der Waals surface area contributed by atoms with Crippen molar-refractivity contribution in [2.45, 2.75) is 38.2 Å². The molecule has 2 unspecified atom stereocenters. The van der Waals surface area contributed by atoms with Crippen LogP contribution in [0.3, 0.4) is 0 Å². The van der Waals surface area contributed by atoms with Crippen LogP contribution in [0.4, 0.5) is 0 Å². The van der Waals surface area contributed by atoms with E-state index in [1.165, 1.54) is 12.8 Å². The number of aliphatic hydroxyl groups excluding tert-OH is 1. The summed E-state index contributed by atoms with van der Waals surface area (Å²) in [5.74, 6) is 1.38. The van der Waals surface area contributed by atoms with Gasteiger partial charge in [0.1, 0.15) is 5.75 Å². The van der Waals surface area contributed by atoms with Gasteiger partial charge in [0.15, 0.2) is 0 Å². The van der Waals surface area contributed by atoms with Crippen molar-refractivity contribution in [3.05, 3.63) is 30.3 Å². The first-order chi connectivity index (χ1) is 9.36. The highest BCUT2D eigenvalue weighted by Gasteiger charge is 2.21. The van der Waals surface area contributed by atoms with Gasteiger partial charge in [-0.05, 0) is 43.9 Å². The molecule has 1 aromatic rings. The smallest absolute Gasteiger partial charge is 0.119 e. The van der Waals surface area contributed by atoms with Gasteiger partial charge in [-0.15, -0.1) is 0 Å². The van der Waals surface area contributed by atoms with Gasteiger partial charge >= 0.3 is 0 Å². The molecule has 1 fully saturated rings. The first-order valence-corrected chi connectivity index (χ1v) is 7.43. The second-order valence-corrected chi connectivity index (χ2v) is 5.33. The van der Waals surface area contributed by atoms with Gasteiger partial charge in [-0.1, -0.05) is 31.0 Å². The van der Waals surface area contributed by atoms with Crippen LogP contribution in [0.5, 0.6) is 5.75 Å². The zero-order valence-electron chi connectivity index (χ0n) is 11.6. The van der Waals surface area contributed by atoms with Gasteiger partial charge in [0.25, 0.3) is 0 Å². The Bertz CT molecular complexity index is 342. The molecule has 3 heteroatoms. The monoisotopic (exact) mass is 263 g/mol. The molecule has 2 N–H and O–H groups in total. The van der Waals surface area contributed by atoms with Gasteiger partial charge < -0.3 is 15.2 Å². The molecular weight excluding hydrogens is 238 g/mol. The van der Waals surface area contributed by atoms with Crippen LogP contribution in [0.15, 0.2) is 30.3 Å². The van der Waals surface area contributed by atoms with Crippen molar-refractivity contribution in [1.29, 1.82) is 0 Å². The normalized spacial score (nSPS) is 23.2. The van der Waals surface area contributed by atoms with E-state index in [4.69, 9.17) is 4.74 Å². The summed E-state index contributed by atoms with van der Waals surface area (Å²) < 4.78 is 5.63. The third kappa shape index (κ3) is 5.21. The maximum Gasteiger partial charge on any atom is 0.119 e. The zero-order chi connectivity index (χ0) is 13.3. The molecule has 0 heterocycles. The average molecular weight is 263 g/mol. The number of hydrogen-bond donors (Lipinski definition) is 2. The first-order valence-electron chi connectivity index (χ1n) is 7.43. The van der Waals surface area contributed by atoms with Crippen LogP contribution in [0.2, 0.25) is 0 Å².